The first-order valence-corrected chi connectivity index (χ1v) is 7.11. The second-order valence-electron chi connectivity index (χ2n) is 5.07. The number of benzene rings is 1. The van der Waals surface area contributed by atoms with E-state index in [1.807, 2.05) is 0 Å². The van der Waals surface area contributed by atoms with Crippen molar-refractivity contribution in [1.29, 1.82) is 0 Å². The van der Waals surface area contributed by atoms with Gasteiger partial charge in [0.2, 0.25) is 0 Å². The molecular weight excluding hydrogens is 286 g/mol. The number of likely N-dealkylation sites (tertiary alicyclic amines) is 1. The Balaban J connectivity index is 2.15. The van der Waals surface area contributed by atoms with Gasteiger partial charge >= 0.3 is 5.97 Å². The van der Waals surface area contributed by atoms with Gasteiger partial charge in [0.15, 0.2) is 0 Å². The number of hydrogen-bond acceptors (Lipinski definition) is 5. The molecule has 0 aromatic heterocycles. The predicted octanol–water partition coefficient (Wildman–Crippen LogP) is 1.29. The van der Waals surface area contributed by atoms with Gasteiger partial charge < -0.3 is 14.4 Å². The zero-order valence-corrected chi connectivity index (χ0v) is 12.7. The van der Waals surface area contributed by atoms with Crippen molar-refractivity contribution in [3.63, 3.8) is 0 Å². The summed E-state index contributed by atoms with van der Waals surface area (Å²) >= 11 is 0. The number of rotatable bonds is 3. The van der Waals surface area contributed by atoms with Crippen LogP contribution in [-0.4, -0.2) is 49.9 Å². The second-order valence-corrected chi connectivity index (χ2v) is 5.07. The highest BCUT2D eigenvalue weighted by Crippen LogP contribution is 2.22. The van der Waals surface area contributed by atoms with Crippen LogP contribution in [0.1, 0.15) is 23.2 Å². The lowest BCUT2D eigenvalue weighted by Gasteiger charge is -2.21. The number of para-hydroxylation sites is 1. The Morgan fingerprint density at radius 1 is 1.18 bits per heavy atom. The van der Waals surface area contributed by atoms with E-state index in [-0.39, 0.29) is 24.5 Å². The van der Waals surface area contributed by atoms with Gasteiger partial charge in [-0.1, -0.05) is 12.1 Å². The molecule has 1 aliphatic heterocycles. The third kappa shape index (κ3) is 3.27. The Morgan fingerprint density at radius 2 is 1.91 bits per heavy atom. The maximum atomic E-state index is 12.6. The summed E-state index contributed by atoms with van der Waals surface area (Å²) in [5.41, 5.74) is 0.453. The predicted molar refractivity (Wildman–Crippen MR) is 78.6 cm³/mol. The van der Waals surface area contributed by atoms with Crippen LogP contribution in [0.5, 0.6) is 5.75 Å². The lowest BCUT2D eigenvalue weighted by atomic mass is 10.00. The molecule has 1 amide bonds. The normalized spacial score (nSPS) is 18.5. The van der Waals surface area contributed by atoms with Gasteiger partial charge in [-0.3, -0.25) is 14.4 Å². The van der Waals surface area contributed by atoms with E-state index >= 15 is 0 Å². The highest BCUT2D eigenvalue weighted by molar-refractivity contribution is 6.01. The highest BCUT2D eigenvalue weighted by Gasteiger charge is 2.32. The van der Waals surface area contributed by atoms with Crippen LogP contribution in [0.4, 0.5) is 0 Å². The van der Waals surface area contributed by atoms with Gasteiger partial charge in [0.25, 0.3) is 5.91 Å². The molecule has 6 nitrogen and oxygen atoms in total. The van der Waals surface area contributed by atoms with Crippen LogP contribution in [-0.2, 0) is 14.3 Å². The van der Waals surface area contributed by atoms with Crippen molar-refractivity contribution in [3.05, 3.63) is 29.8 Å². The van der Waals surface area contributed by atoms with Crippen molar-refractivity contribution >= 4 is 17.7 Å². The Kier molecular flexibility index (Phi) is 5.14. The molecular formula is C16H19NO5. The van der Waals surface area contributed by atoms with E-state index in [1.165, 1.54) is 14.2 Å². The van der Waals surface area contributed by atoms with E-state index in [9.17, 15) is 14.4 Å². The first-order valence-electron chi connectivity index (χ1n) is 7.11. The third-order valence-corrected chi connectivity index (χ3v) is 3.81. The fourth-order valence-electron chi connectivity index (χ4n) is 2.56. The molecule has 0 bridgehead atoms. The van der Waals surface area contributed by atoms with Crippen LogP contribution >= 0.6 is 0 Å². The van der Waals surface area contributed by atoms with Crippen molar-refractivity contribution in [2.75, 3.05) is 27.3 Å². The molecule has 1 heterocycles. The van der Waals surface area contributed by atoms with Crippen LogP contribution in [0.2, 0.25) is 0 Å². The van der Waals surface area contributed by atoms with E-state index in [1.54, 1.807) is 29.2 Å². The van der Waals surface area contributed by atoms with Crippen molar-refractivity contribution in [2.45, 2.75) is 12.8 Å². The average Bonchev–Trinajstić information content (AvgIpc) is 2.75. The molecule has 22 heavy (non-hydrogen) atoms. The van der Waals surface area contributed by atoms with Crippen molar-refractivity contribution in [3.8, 4) is 5.75 Å². The fourth-order valence-corrected chi connectivity index (χ4v) is 2.56. The Labute approximate surface area is 129 Å². The Bertz CT molecular complexity index is 584. The summed E-state index contributed by atoms with van der Waals surface area (Å²) in [4.78, 5) is 37.8. The third-order valence-electron chi connectivity index (χ3n) is 3.81. The van der Waals surface area contributed by atoms with Crippen LogP contribution in [0.3, 0.4) is 0 Å². The highest BCUT2D eigenvalue weighted by atomic mass is 16.5. The smallest absolute Gasteiger partial charge is 0.316 e. The molecule has 1 atom stereocenters. The lowest BCUT2D eigenvalue weighted by Crippen LogP contribution is -2.32. The molecule has 2 rings (SSSR count). The summed E-state index contributed by atoms with van der Waals surface area (Å²) in [5.74, 6) is -1.19. The first kappa shape index (κ1) is 16.0. The number of carbonyl (C=O) groups is 3. The number of carbonyl (C=O) groups excluding carboxylic acids is 3. The number of methoxy groups -OCH3 is 2. The van der Waals surface area contributed by atoms with Gasteiger partial charge in [0, 0.05) is 19.5 Å². The zero-order chi connectivity index (χ0) is 16.1. The van der Waals surface area contributed by atoms with Crippen LogP contribution in [0.25, 0.3) is 0 Å². The summed E-state index contributed by atoms with van der Waals surface area (Å²) in [5, 5.41) is 0. The summed E-state index contributed by atoms with van der Waals surface area (Å²) in [7, 11) is 2.77. The number of Topliss-reactive ketones (excluding diaryl/α,β-unsaturated/α-hetero) is 1. The van der Waals surface area contributed by atoms with Crippen LogP contribution in [0, 0.1) is 5.92 Å². The van der Waals surface area contributed by atoms with E-state index in [0.29, 0.717) is 24.4 Å². The molecule has 0 N–H and O–H groups in total. The SMILES string of the molecule is COC(=O)C1CCN(C(=O)c2ccccc2OC)CCC1=O. The summed E-state index contributed by atoms with van der Waals surface area (Å²) < 4.78 is 9.85. The monoisotopic (exact) mass is 305 g/mol. The summed E-state index contributed by atoms with van der Waals surface area (Å²) in [6.07, 6.45) is 0.438. The van der Waals surface area contributed by atoms with E-state index in [0.717, 1.165) is 0 Å². The van der Waals surface area contributed by atoms with Gasteiger partial charge in [-0.15, -0.1) is 0 Å². The quantitative estimate of drug-likeness (QED) is 0.621. The molecule has 1 aliphatic rings. The number of nitrogens with zero attached hydrogens (tertiary/aromatic N) is 1. The minimum Gasteiger partial charge on any atom is -0.496 e. The van der Waals surface area contributed by atoms with Gasteiger partial charge in [-0.25, -0.2) is 0 Å². The number of amides is 1. The van der Waals surface area contributed by atoms with Gasteiger partial charge in [-0.2, -0.15) is 0 Å². The second kappa shape index (κ2) is 7.06. The number of ether oxygens (including phenoxy) is 2. The molecule has 0 radical (unpaired) electrons. The Hall–Kier alpha value is -2.37. The van der Waals surface area contributed by atoms with E-state index in [4.69, 9.17) is 4.74 Å². The van der Waals surface area contributed by atoms with E-state index < -0.39 is 11.9 Å². The molecule has 1 saturated heterocycles. The van der Waals surface area contributed by atoms with Crippen molar-refractivity contribution in [1.82, 2.24) is 4.90 Å². The van der Waals surface area contributed by atoms with Gasteiger partial charge in [-0.05, 0) is 18.6 Å². The number of ketones is 1. The minimum absolute atomic E-state index is 0.153. The molecule has 1 aromatic rings. The summed E-state index contributed by atoms with van der Waals surface area (Å²) in [6, 6.07) is 6.95. The fraction of sp³-hybridized carbons (Fsp3) is 0.438. The van der Waals surface area contributed by atoms with Gasteiger partial charge in [0.05, 0.1) is 19.8 Å². The number of hydrogen-bond donors (Lipinski definition) is 0. The Morgan fingerprint density at radius 3 is 2.59 bits per heavy atom. The van der Waals surface area contributed by atoms with E-state index in [2.05, 4.69) is 4.74 Å². The topological polar surface area (TPSA) is 72.9 Å². The molecule has 1 aromatic carbocycles. The first-order chi connectivity index (χ1) is 10.6. The minimum atomic E-state index is -0.777. The van der Waals surface area contributed by atoms with Crippen LogP contribution in [0.15, 0.2) is 24.3 Å². The molecule has 1 fully saturated rings. The zero-order valence-electron chi connectivity index (χ0n) is 12.7. The standard InChI is InChI=1S/C16H19NO5/c1-21-14-6-4-3-5-12(14)15(19)17-9-7-11(16(20)22-2)13(18)8-10-17/h3-6,11H,7-10H2,1-2H3. The molecule has 118 valence electrons. The molecule has 1 unspecified atom stereocenters. The average molecular weight is 305 g/mol. The molecule has 0 saturated carbocycles. The van der Waals surface area contributed by atoms with Crippen molar-refractivity contribution < 1.29 is 23.9 Å². The van der Waals surface area contributed by atoms with Gasteiger partial charge in [0.1, 0.15) is 17.5 Å². The maximum Gasteiger partial charge on any atom is 0.316 e. The van der Waals surface area contributed by atoms with Crippen molar-refractivity contribution in [2.24, 2.45) is 5.92 Å². The largest absolute Gasteiger partial charge is 0.496 e. The molecule has 0 aliphatic carbocycles. The van der Waals surface area contributed by atoms with Crippen LogP contribution < -0.4 is 4.74 Å². The number of esters is 1. The summed E-state index contributed by atoms with van der Waals surface area (Å²) in [6.45, 7) is 0.631. The maximum absolute atomic E-state index is 12.6. The lowest BCUT2D eigenvalue weighted by molar-refractivity contribution is -0.149. The molecule has 6 heteroatoms. The molecule has 0 spiro atoms.